The molecular formula is C13H18N2O. The molecule has 0 aromatic carbocycles. The number of carbonyl (C=O) groups excluding carboxylic acids is 1. The zero-order valence-electron chi connectivity index (χ0n) is 10.1. The SMILES string of the molecule is CC(C)/C=C(\C#N)C(=O)N1CCC=CC1C. The van der Waals surface area contributed by atoms with Gasteiger partial charge in [-0.1, -0.05) is 32.1 Å². The summed E-state index contributed by atoms with van der Waals surface area (Å²) in [5.41, 5.74) is 0.261. The van der Waals surface area contributed by atoms with Crippen molar-refractivity contribution in [3.8, 4) is 6.07 Å². The maximum atomic E-state index is 12.1. The fourth-order valence-corrected chi connectivity index (χ4v) is 1.75. The Balaban J connectivity index is 2.84. The van der Waals surface area contributed by atoms with Gasteiger partial charge in [0.1, 0.15) is 11.6 Å². The molecule has 0 radical (unpaired) electrons. The Morgan fingerprint density at radius 1 is 1.62 bits per heavy atom. The fraction of sp³-hybridized carbons (Fsp3) is 0.538. The molecule has 1 amide bonds. The van der Waals surface area contributed by atoms with Crippen molar-refractivity contribution in [3.05, 3.63) is 23.8 Å². The summed E-state index contributed by atoms with van der Waals surface area (Å²) in [7, 11) is 0. The molecule has 0 bridgehead atoms. The van der Waals surface area contributed by atoms with Gasteiger partial charge in [0.2, 0.25) is 0 Å². The van der Waals surface area contributed by atoms with Crippen LogP contribution in [0, 0.1) is 17.2 Å². The minimum absolute atomic E-state index is 0.0881. The lowest BCUT2D eigenvalue weighted by Gasteiger charge is -2.29. The lowest BCUT2D eigenvalue weighted by Crippen LogP contribution is -2.40. The minimum Gasteiger partial charge on any atom is -0.332 e. The number of allylic oxidation sites excluding steroid dienone is 1. The summed E-state index contributed by atoms with van der Waals surface area (Å²) in [6, 6.07) is 2.08. The highest BCUT2D eigenvalue weighted by Gasteiger charge is 2.23. The second-order valence-electron chi connectivity index (χ2n) is 4.39. The maximum absolute atomic E-state index is 12.1. The van der Waals surface area contributed by atoms with E-state index in [1.807, 2.05) is 32.9 Å². The van der Waals surface area contributed by atoms with Gasteiger partial charge in [-0.2, -0.15) is 5.26 Å². The molecule has 0 N–H and O–H groups in total. The van der Waals surface area contributed by atoms with Crippen LogP contribution in [-0.2, 0) is 4.79 Å². The third kappa shape index (κ3) is 2.96. The Morgan fingerprint density at radius 2 is 2.31 bits per heavy atom. The van der Waals surface area contributed by atoms with Gasteiger partial charge >= 0.3 is 0 Å². The monoisotopic (exact) mass is 218 g/mol. The summed E-state index contributed by atoms with van der Waals surface area (Å²) in [6.07, 6.45) is 6.68. The van der Waals surface area contributed by atoms with E-state index >= 15 is 0 Å². The summed E-state index contributed by atoms with van der Waals surface area (Å²) in [5.74, 6) is 0.0716. The average Bonchev–Trinajstić information content (AvgIpc) is 2.25. The van der Waals surface area contributed by atoms with Gasteiger partial charge in [0, 0.05) is 12.6 Å². The standard InChI is InChI=1S/C13H18N2O/c1-10(2)8-12(9-14)13(16)15-7-5-4-6-11(15)3/h4,6,8,10-11H,5,7H2,1-3H3/b12-8+. The lowest BCUT2D eigenvalue weighted by atomic mass is 10.1. The van der Waals surface area contributed by atoms with E-state index in [1.54, 1.807) is 11.0 Å². The molecule has 86 valence electrons. The molecule has 16 heavy (non-hydrogen) atoms. The third-order valence-electron chi connectivity index (χ3n) is 2.55. The van der Waals surface area contributed by atoms with Gasteiger partial charge in [-0.25, -0.2) is 0 Å². The number of rotatable bonds is 2. The van der Waals surface area contributed by atoms with E-state index < -0.39 is 0 Å². The molecule has 0 aromatic rings. The molecular weight excluding hydrogens is 200 g/mol. The van der Waals surface area contributed by atoms with Gasteiger partial charge in [0.15, 0.2) is 0 Å². The number of nitrogens with zero attached hydrogens (tertiary/aromatic N) is 2. The van der Waals surface area contributed by atoms with Gasteiger partial charge in [-0.15, -0.1) is 0 Å². The summed E-state index contributed by atoms with van der Waals surface area (Å²) in [6.45, 7) is 6.60. The maximum Gasteiger partial charge on any atom is 0.264 e. The van der Waals surface area contributed by atoms with Crippen LogP contribution in [0.1, 0.15) is 27.2 Å². The van der Waals surface area contributed by atoms with Crippen LogP contribution in [0.15, 0.2) is 23.8 Å². The van der Waals surface area contributed by atoms with E-state index in [0.717, 1.165) is 6.42 Å². The molecule has 1 aliphatic heterocycles. The van der Waals surface area contributed by atoms with Crippen LogP contribution >= 0.6 is 0 Å². The van der Waals surface area contributed by atoms with Crippen molar-refractivity contribution < 1.29 is 4.79 Å². The average molecular weight is 218 g/mol. The van der Waals surface area contributed by atoms with E-state index in [-0.39, 0.29) is 23.4 Å². The number of hydrogen-bond donors (Lipinski definition) is 0. The van der Waals surface area contributed by atoms with Gasteiger partial charge < -0.3 is 4.90 Å². The van der Waals surface area contributed by atoms with Crippen LogP contribution in [-0.4, -0.2) is 23.4 Å². The number of hydrogen-bond acceptors (Lipinski definition) is 2. The molecule has 0 saturated heterocycles. The molecule has 1 heterocycles. The topological polar surface area (TPSA) is 44.1 Å². The summed E-state index contributed by atoms with van der Waals surface area (Å²) in [4.78, 5) is 13.8. The van der Waals surface area contributed by atoms with Gasteiger partial charge in [-0.05, 0) is 19.3 Å². The van der Waals surface area contributed by atoms with Gasteiger partial charge in [0.25, 0.3) is 5.91 Å². The fourth-order valence-electron chi connectivity index (χ4n) is 1.75. The highest BCUT2D eigenvalue weighted by molar-refractivity contribution is 5.97. The van der Waals surface area contributed by atoms with Crippen LogP contribution in [0.5, 0.6) is 0 Å². The second kappa shape index (κ2) is 5.50. The molecule has 3 nitrogen and oxygen atoms in total. The Hall–Kier alpha value is -1.56. The summed E-state index contributed by atoms with van der Waals surface area (Å²) >= 11 is 0. The van der Waals surface area contributed by atoms with Crippen molar-refractivity contribution in [1.82, 2.24) is 4.90 Å². The zero-order valence-corrected chi connectivity index (χ0v) is 10.1. The van der Waals surface area contributed by atoms with E-state index in [1.165, 1.54) is 0 Å². The Bertz CT molecular complexity index is 361. The van der Waals surface area contributed by atoms with Crippen LogP contribution in [0.4, 0.5) is 0 Å². The van der Waals surface area contributed by atoms with E-state index in [0.29, 0.717) is 6.54 Å². The predicted molar refractivity (Wildman–Crippen MR) is 63.5 cm³/mol. The second-order valence-corrected chi connectivity index (χ2v) is 4.39. The van der Waals surface area contributed by atoms with E-state index in [9.17, 15) is 4.79 Å². The molecule has 1 aliphatic rings. The quantitative estimate of drug-likeness (QED) is 0.405. The summed E-state index contributed by atoms with van der Waals surface area (Å²) < 4.78 is 0. The van der Waals surface area contributed by atoms with Crippen molar-refractivity contribution in [2.24, 2.45) is 5.92 Å². The van der Waals surface area contributed by atoms with Gasteiger partial charge in [0.05, 0.1) is 0 Å². The van der Waals surface area contributed by atoms with Crippen molar-refractivity contribution in [2.45, 2.75) is 33.2 Å². The molecule has 1 unspecified atom stereocenters. The molecule has 0 saturated carbocycles. The first-order valence-electron chi connectivity index (χ1n) is 5.65. The smallest absolute Gasteiger partial charge is 0.264 e. The first kappa shape index (κ1) is 12.5. The highest BCUT2D eigenvalue weighted by Crippen LogP contribution is 2.14. The Morgan fingerprint density at radius 3 is 2.81 bits per heavy atom. The van der Waals surface area contributed by atoms with Gasteiger partial charge in [-0.3, -0.25) is 4.79 Å². The van der Waals surface area contributed by atoms with E-state index in [2.05, 4.69) is 6.08 Å². The Kier molecular flexibility index (Phi) is 4.30. The highest BCUT2D eigenvalue weighted by atomic mass is 16.2. The van der Waals surface area contributed by atoms with Crippen LogP contribution in [0.25, 0.3) is 0 Å². The summed E-state index contributed by atoms with van der Waals surface area (Å²) in [5, 5.41) is 8.98. The first-order valence-corrected chi connectivity index (χ1v) is 5.65. The number of carbonyl (C=O) groups is 1. The van der Waals surface area contributed by atoms with Crippen LogP contribution < -0.4 is 0 Å². The molecule has 0 aliphatic carbocycles. The Labute approximate surface area is 97.0 Å². The molecule has 0 spiro atoms. The largest absolute Gasteiger partial charge is 0.332 e. The molecule has 3 heteroatoms. The first-order chi connectivity index (χ1) is 7.56. The van der Waals surface area contributed by atoms with Crippen molar-refractivity contribution in [1.29, 1.82) is 5.26 Å². The molecule has 1 atom stereocenters. The van der Waals surface area contributed by atoms with Crippen molar-refractivity contribution in [2.75, 3.05) is 6.54 Å². The predicted octanol–water partition coefficient (Wildman–Crippen LogP) is 2.27. The molecule has 1 rings (SSSR count). The zero-order chi connectivity index (χ0) is 12.1. The minimum atomic E-state index is -0.145. The van der Waals surface area contributed by atoms with E-state index in [4.69, 9.17) is 5.26 Å². The number of amides is 1. The molecule has 0 fully saturated rings. The van der Waals surface area contributed by atoms with Crippen molar-refractivity contribution in [3.63, 3.8) is 0 Å². The number of nitriles is 1. The normalized spacial score (nSPS) is 21.1. The van der Waals surface area contributed by atoms with Crippen LogP contribution in [0.2, 0.25) is 0 Å². The van der Waals surface area contributed by atoms with Crippen LogP contribution in [0.3, 0.4) is 0 Å². The van der Waals surface area contributed by atoms with Crippen molar-refractivity contribution >= 4 is 5.91 Å². The third-order valence-corrected chi connectivity index (χ3v) is 2.55. The lowest BCUT2D eigenvalue weighted by molar-refractivity contribution is -0.128. The molecule has 0 aromatic heterocycles.